The summed E-state index contributed by atoms with van der Waals surface area (Å²) in [5.41, 5.74) is 1.70. The molecule has 3 rings (SSSR count). The first-order chi connectivity index (χ1) is 14.1. The van der Waals surface area contributed by atoms with E-state index in [1.165, 1.54) is 6.07 Å². The third kappa shape index (κ3) is 5.64. The maximum atomic E-state index is 13.8. The van der Waals surface area contributed by atoms with E-state index in [2.05, 4.69) is 15.5 Å². The molecule has 0 bridgehead atoms. The highest BCUT2D eigenvalue weighted by atomic mass is 19.1. The number of hydrogen-bond acceptors (Lipinski definition) is 3. The minimum atomic E-state index is -0.190. The van der Waals surface area contributed by atoms with E-state index in [9.17, 15) is 14.0 Å². The van der Waals surface area contributed by atoms with Crippen LogP contribution in [0.5, 0.6) is 0 Å². The average Bonchev–Trinajstić information content (AvgIpc) is 2.74. The number of likely N-dealkylation sites (tertiary alicyclic amines) is 1. The number of amides is 2. The molecule has 2 N–H and O–H groups in total. The summed E-state index contributed by atoms with van der Waals surface area (Å²) in [5, 5.41) is 5.78. The van der Waals surface area contributed by atoms with Crippen molar-refractivity contribution in [2.75, 3.05) is 25.0 Å². The molecule has 0 aliphatic carbocycles. The second-order valence-corrected chi connectivity index (χ2v) is 7.43. The van der Waals surface area contributed by atoms with Crippen molar-refractivity contribution in [1.82, 2.24) is 10.2 Å². The second kappa shape index (κ2) is 10.2. The van der Waals surface area contributed by atoms with E-state index in [0.29, 0.717) is 42.7 Å². The maximum absolute atomic E-state index is 13.8. The molecule has 2 amide bonds. The van der Waals surface area contributed by atoms with Gasteiger partial charge < -0.3 is 10.6 Å². The minimum absolute atomic E-state index is 0.0636. The number of halogens is 1. The van der Waals surface area contributed by atoms with Gasteiger partial charge in [-0.1, -0.05) is 37.3 Å². The summed E-state index contributed by atoms with van der Waals surface area (Å²) in [7, 11) is 0. The van der Waals surface area contributed by atoms with E-state index in [1.54, 1.807) is 30.3 Å². The third-order valence-electron chi connectivity index (χ3n) is 5.28. The number of anilines is 1. The van der Waals surface area contributed by atoms with Crippen molar-refractivity contribution in [3.63, 3.8) is 0 Å². The van der Waals surface area contributed by atoms with Crippen LogP contribution >= 0.6 is 0 Å². The van der Waals surface area contributed by atoms with Crippen molar-refractivity contribution in [3.8, 4) is 0 Å². The fourth-order valence-electron chi connectivity index (χ4n) is 3.58. The van der Waals surface area contributed by atoms with Gasteiger partial charge in [0, 0.05) is 24.6 Å². The van der Waals surface area contributed by atoms with E-state index in [1.807, 2.05) is 19.1 Å². The van der Waals surface area contributed by atoms with Gasteiger partial charge in [0.05, 0.1) is 11.3 Å². The summed E-state index contributed by atoms with van der Waals surface area (Å²) in [6.45, 7) is 4.63. The lowest BCUT2D eigenvalue weighted by molar-refractivity contribution is -0.121. The van der Waals surface area contributed by atoms with Crippen LogP contribution in [0.2, 0.25) is 0 Å². The third-order valence-corrected chi connectivity index (χ3v) is 5.28. The van der Waals surface area contributed by atoms with Gasteiger partial charge in [-0.2, -0.15) is 0 Å². The van der Waals surface area contributed by atoms with Crippen molar-refractivity contribution < 1.29 is 14.0 Å². The molecule has 0 aromatic heterocycles. The largest absolute Gasteiger partial charge is 0.352 e. The van der Waals surface area contributed by atoms with Gasteiger partial charge >= 0.3 is 0 Å². The average molecular weight is 397 g/mol. The monoisotopic (exact) mass is 397 g/mol. The molecule has 5 nitrogen and oxygen atoms in total. The lowest BCUT2D eigenvalue weighted by Crippen LogP contribution is -2.38. The van der Waals surface area contributed by atoms with Crippen molar-refractivity contribution >= 4 is 17.5 Å². The quantitative estimate of drug-likeness (QED) is 0.747. The van der Waals surface area contributed by atoms with Gasteiger partial charge in [0.15, 0.2) is 0 Å². The molecule has 0 unspecified atom stereocenters. The first-order valence-corrected chi connectivity index (χ1v) is 10.2. The normalized spacial score (nSPS) is 15.1. The molecule has 0 atom stereocenters. The second-order valence-electron chi connectivity index (χ2n) is 7.43. The zero-order valence-electron chi connectivity index (χ0n) is 16.8. The Morgan fingerprint density at radius 3 is 2.48 bits per heavy atom. The Morgan fingerprint density at radius 1 is 1.07 bits per heavy atom. The van der Waals surface area contributed by atoms with Crippen LogP contribution < -0.4 is 10.6 Å². The van der Waals surface area contributed by atoms with Crippen LogP contribution in [0.3, 0.4) is 0 Å². The number of para-hydroxylation sites is 1. The zero-order valence-corrected chi connectivity index (χ0v) is 16.8. The minimum Gasteiger partial charge on any atom is -0.352 e. The fraction of sp³-hybridized carbons (Fsp3) is 0.391. The Balaban J connectivity index is 1.55. The smallest absolute Gasteiger partial charge is 0.253 e. The van der Waals surface area contributed by atoms with Gasteiger partial charge in [-0.25, -0.2) is 4.39 Å². The highest BCUT2D eigenvalue weighted by Crippen LogP contribution is 2.23. The van der Waals surface area contributed by atoms with E-state index in [-0.39, 0.29) is 23.5 Å². The van der Waals surface area contributed by atoms with Gasteiger partial charge in [-0.15, -0.1) is 0 Å². The number of rotatable bonds is 7. The Bertz CT molecular complexity index is 848. The van der Waals surface area contributed by atoms with E-state index < -0.39 is 0 Å². The van der Waals surface area contributed by atoms with Gasteiger partial charge in [-0.05, 0) is 50.6 Å². The first kappa shape index (κ1) is 21.0. The molecular weight excluding hydrogens is 369 g/mol. The molecule has 1 aliphatic heterocycles. The number of benzene rings is 2. The van der Waals surface area contributed by atoms with Crippen LogP contribution in [0.25, 0.3) is 0 Å². The van der Waals surface area contributed by atoms with Crippen molar-refractivity contribution in [2.24, 2.45) is 5.92 Å². The molecule has 2 aromatic carbocycles. The molecule has 1 saturated heterocycles. The summed E-state index contributed by atoms with van der Waals surface area (Å²) >= 11 is 0. The number of hydrogen-bond donors (Lipinski definition) is 2. The van der Waals surface area contributed by atoms with Crippen molar-refractivity contribution in [2.45, 2.75) is 32.7 Å². The van der Waals surface area contributed by atoms with Crippen LogP contribution in [0, 0.1) is 11.7 Å². The van der Waals surface area contributed by atoms with E-state index >= 15 is 0 Å². The number of piperidine rings is 1. The standard InChI is InChI=1S/C23H28FN3O2/c1-2-13-25-23(29)19-8-4-6-10-21(19)26-22(28)17-11-14-27(15-12-17)16-18-7-3-5-9-20(18)24/h3-10,17H,2,11-16H2,1H3,(H,25,29)(H,26,28). The Hall–Kier alpha value is -2.73. The highest BCUT2D eigenvalue weighted by molar-refractivity contribution is 6.04. The molecule has 0 saturated carbocycles. The van der Waals surface area contributed by atoms with Crippen LogP contribution in [0.4, 0.5) is 10.1 Å². The fourth-order valence-corrected chi connectivity index (χ4v) is 3.58. The number of nitrogens with one attached hydrogen (secondary N) is 2. The molecule has 2 aromatic rings. The Morgan fingerprint density at radius 2 is 1.76 bits per heavy atom. The summed E-state index contributed by atoms with van der Waals surface area (Å²) in [6.07, 6.45) is 2.28. The molecule has 0 radical (unpaired) electrons. The topological polar surface area (TPSA) is 61.4 Å². The molecule has 1 heterocycles. The summed E-state index contributed by atoms with van der Waals surface area (Å²) in [6, 6.07) is 13.9. The summed E-state index contributed by atoms with van der Waals surface area (Å²) < 4.78 is 13.8. The Kier molecular flexibility index (Phi) is 7.36. The Labute approximate surface area is 171 Å². The number of carbonyl (C=O) groups excluding carboxylic acids is 2. The van der Waals surface area contributed by atoms with Gasteiger partial charge in [-0.3, -0.25) is 14.5 Å². The SMILES string of the molecule is CCCNC(=O)c1ccccc1NC(=O)C1CCN(Cc2ccccc2F)CC1. The zero-order chi connectivity index (χ0) is 20.6. The summed E-state index contributed by atoms with van der Waals surface area (Å²) in [5.74, 6) is -0.544. The molecule has 6 heteroatoms. The lowest BCUT2D eigenvalue weighted by Gasteiger charge is -2.31. The van der Waals surface area contributed by atoms with Gasteiger partial charge in [0.25, 0.3) is 5.91 Å². The van der Waals surface area contributed by atoms with Crippen LogP contribution in [0.1, 0.15) is 42.1 Å². The molecule has 1 fully saturated rings. The summed E-state index contributed by atoms with van der Waals surface area (Å²) in [4.78, 5) is 27.3. The number of nitrogens with zero attached hydrogens (tertiary/aromatic N) is 1. The predicted molar refractivity (Wildman–Crippen MR) is 112 cm³/mol. The number of carbonyl (C=O) groups is 2. The van der Waals surface area contributed by atoms with Crippen LogP contribution in [-0.2, 0) is 11.3 Å². The van der Waals surface area contributed by atoms with E-state index in [4.69, 9.17) is 0 Å². The molecule has 1 aliphatic rings. The van der Waals surface area contributed by atoms with Gasteiger partial charge in [0.2, 0.25) is 5.91 Å². The molecule has 0 spiro atoms. The van der Waals surface area contributed by atoms with E-state index in [0.717, 1.165) is 19.5 Å². The van der Waals surface area contributed by atoms with Crippen molar-refractivity contribution in [3.05, 3.63) is 65.5 Å². The van der Waals surface area contributed by atoms with Crippen LogP contribution in [-0.4, -0.2) is 36.3 Å². The predicted octanol–water partition coefficient (Wildman–Crippen LogP) is 3.82. The van der Waals surface area contributed by atoms with Crippen molar-refractivity contribution in [1.29, 1.82) is 0 Å². The molecule has 154 valence electrons. The molecular formula is C23H28FN3O2. The highest BCUT2D eigenvalue weighted by Gasteiger charge is 2.26. The first-order valence-electron chi connectivity index (χ1n) is 10.2. The van der Waals surface area contributed by atoms with Crippen LogP contribution in [0.15, 0.2) is 48.5 Å². The van der Waals surface area contributed by atoms with Gasteiger partial charge in [0.1, 0.15) is 5.82 Å². The molecule has 29 heavy (non-hydrogen) atoms. The maximum Gasteiger partial charge on any atom is 0.253 e. The lowest BCUT2D eigenvalue weighted by atomic mass is 9.95.